The van der Waals surface area contributed by atoms with Crippen LogP contribution in [0.5, 0.6) is 0 Å². The van der Waals surface area contributed by atoms with Crippen LogP contribution in [0.15, 0.2) is 0 Å². The number of hydrogen-bond acceptors (Lipinski definition) is 3. The summed E-state index contributed by atoms with van der Waals surface area (Å²) in [5, 5.41) is 3.26. The molecule has 0 radical (unpaired) electrons. The van der Waals surface area contributed by atoms with Crippen LogP contribution in [-0.2, 0) is 4.74 Å². The van der Waals surface area contributed by atoms with Crippen LogP contribution in [0.3, 0.4) is 0 Å². The van der Waals surface area contributed by atoms with E-state index in [9.17, 15) is 4.79 Å². The molecule has 5 heteroatoms. The minimum absolute atomic E-state index is 0.150. The molecule has 0 aromatic carbocycles. The summed E-state index contributed by atoms with van der Waals surface area (Å²) in [7, 11) is 1.75. The first kappa shape index (κ1) is 17.5. The number of ether oxygens (including phenoxy) is 1. The maximum atomic E-state index is 12.5. The Morgan fingerprint density at radius 2 is 1.91 bits per heavy atom. The van der Waals surface area contributed by atoms with Crippen molar-refractivity contribution in [2.24, 2.45) is 5.92 Å². The van der Waals surface area contributed by atoms with E-state index in [1.807, 2.05) is 4.90 Å². The lowest BCUT2D eigenvalue weighted by Crippen LogP contribution is -2.53. The maximum absolute atomic E-state index is 12.5. The van der Waals surface area contributed by atoms with Crippen molar-refractivity contribution in [1.82, 2.24) is 15.1 Å². The molecule has 2 heterocycles. The first-order valence-electron chi connectivity index (χ1n) is 8.88. The molecule has 0 aromatic rings. The number of methoxy groups -OCH3 is 1. The van der Waals surface area contributed by atoms with E-state index in [-0.39, 0.29) is 6.03 Å². The molecule has 1 N–H and O–H groups in total. The van der Waals surface area contributed by atoms with Gasteiger partial charge in [0.1, 0.15) is 0 Å². The third-order valence-electron chi connectivity index (χ3n) is 5.12. The second kappa shape index (κ2) is 8.73. The molecule has 2 rings (SSSR count). The lowest BCUT2D eigenvalue weighted by molar-refractivity contribution is 0.124. The molecule has 2 saturated heterocycles. The zero-order valence-corrected chi connectivity index (χ0v) is 14.5. The minimum Gasteiger partial charge on any atom is -0.385 e. The Balaban J connectivity index is 1.70. The molecule has 0 unspecified atom stereocenters. The summed E-state index contributed by atoms with van der Waals surface area (Å²) in [6, 6.07) is 0.873. The first-order valence-corrected chi connectivity index (χ1v) is 8.88. The van der Waals surface area contributed by atoms with E-state index < -0.39 is 0 Å². The highest BCUT2D eigenvalue weighted by Gasteiger charge is 2.29. The lowest BCUT2D eigenvalue weighted by Gasteiger charge is -2.39. The minimum atomic E-state index is 0.150. The van der Waals surface area contributed by atoms with Crippen LogP contribution in [0.1, 0.15) is 46.0 Å². The van der Waals surface area contributed by atoms with Gasteiger partial charge in [-0.25, -0.2) is 4.79 Å². The number of carbonyl (C=O) groups is 1. The Morgan fingerprint density at radius 1 is 1.18 bits per heavy atom. The smallest absolute Gasteiger partial charge is 0.317 e. The van der Waals surface area contributed by atoms with Crippen molar-refractivity contribution < 1.29 is 9.53 Å². The SMILES string of the molecule is COCCCN1CCC(NC(=O)N2C[C@H](C)CC[C@H]2C)CC1. The van der Waals surface area contributed by atoms with Gasteiger partial charge in [-0.15, -0.1) is 0 Å². The predicted octanol–water partition coefficient (Wildman–Crippen LogP) is 2.32. The molecular formula is C17H33N3O2. The lowest BCUT2D eigenvalue weighted by atomic mass is 9.95. The van der Waals surface area contributed by atoms with E-state index in [4.69, 9.17) is 4.74 Å². The molecular weight excluding hydrogens is 278 g/mol. The molecule has 0 aromatic heterocycles. The van der Waals surface area contributed by atoms with Crippen LogP contribution >= 0.6 is 0 Å². The average molecular weight is 311 g/mol. The monoisotopic (exact) mass is 311 g/mol. The fraction of sp³-hybridized carbons (Fsp3) is 0.941. The Hall–Kier alpha value is -0.810. The van der Waals surface area contributed by atoms with Gasteiger partial charge in [-0.3, -0.25) is 0 Å². The van der Waals surface area contributed by atoms with Gasteiger partial charge >= 0.3 is 6.03 Å². The summed E-state index contributed by atoms with van der Waals surface area (Å²) in [6.45, 7) is 9.43. The molecule has 5 nitrogen and oxygen atoms in total. The fourth-order valence-electron chi connectivity index (χ4n) is 3.56. The quantitative estimate of drug-likeness (QED) is 0.793. The number of carbonyl (C=O) groups excluding carboxylic acids is 1. The summed E-state index contributed by atoms with van der Waals surface area (Å²) < 4.78 is 5.10. The largest absolute Gasteiger partial charge is 0.385 e. The number of likely N-dealkylation sites (tertiary alicyclic amines) is 2. The van der Waals surface area contributed by atoms with Gasteiger partial charge in [0.25, 0.3) is 0 Å². The van der Waals surface area contributed by atoms with Crippen molar-refractivity contribution in [1.29, 1.82) is 0 Å². The van der Waals surface area contributed by atoms with Crippen LogP contribution in [0, 0.1) is 5.92 Å². The van der Waals surface area contributed by atoms with Crippen molar-refractivity contribution in [2.45, 2.75) is 58.0 Å². The number of rotatable bonds is 5. The van der Waals surface area contributed by atoms with E-state index in [0.29, 0.717) is 18.0 Å². The van der Waals surface area contributed by atoms with Crippen LogP contribution < -0.4 is 5.32 Å². The molecule has 0 bridgehead atoms. The summed E-state index contributed by atoms with van der Waals surface area (Å²) in [5.41, 5.74) is 0. The number of hydrogen-bond donors (Lipinski definition) is 1. The highest BCUT2D eigenvalue weighted by Crippen LogP contribution is 2.21. The van der Waals surface area contributed by atoms with Gasteiger partial charge in [0.2, 0.25) is 0 Å². The maximum Gasteiger partial charge on any atom is 0.317 e. The van der Waals surface area contributed by atoms with Crippen LogP contribution in [0.2, 0.25) is 0 Å². The number of amides is 2. The van der Waals surface area contributed by atoms with E-state index in [1.54, 1.807) is 7.11 Å². The number of urea groups is 1. The molecule has 128 valence electrons. The number of piperidine rings is 2. The summed E-state index contributed by atoms with van der Waals surface area (Å²) in [4.78, 5) is 17.0. The van der Waals surface area contributed by atoms with Gasteiger partial charge in [0.15, 0.2) is 0 Å². The first-order chi connectivity index (χ1) is 10.6. The molecule has 2 aliphatic heterocycles. The molecule has 22 heavy (non-hydrogen) atoms. The fourth-order valence-corrected chi connectivity index (χ4v) is 3.56. The second-order valence-electron chi connectivity index (χ2n) is 7.10. The molecule has 2 aliphatic rings. The zero-order valence-electron chi connectivity index (χ0n) is 14.5. The zero-order chi connectivity index (χ0) is 15.9. The van der Waals surface area contributed by atoms with Crippen molar-refractivity contribution >= 4 is 6.03 Å². The third kappa shape index (κ3) is 5.13. The molecule has 2 atom stereocenters. The third-order valence-corrected chi connectivity index (χ3v) is 5.12. The van der Waals surface area contributed by atoms with Gasteiger partial charge in [-0.05, 0) is 44.9 Å². The van der Waals surface area contributed by atoms with Gasteiger partial charge in [-0.2, -0.15) is 0 Å². The average Bonchev–Trinajstić information content (AvgIpc) is 2.51. The standard InChI is InChI=1S/C17H33N3O2/c1-14-5-6-15(2)20(13-14)17(21)18-16-7-10-19(11-8-16)9-4-12-22-3/h14-16H,4-13H2,1-3H3,(H,18,21)/t14-,15-/m1/s1. The second-order valence-corrected chi connectivity index (χ2v) is 7.10. The Morgan fingerprint density at radius 3 is 2.59 bits per heavy atom. The van der Waals surface area contributed by atoms with Gasteiger partial charge in [-0.1, -0.05) is 6.92 Å². The summed E-state index contributed by atoms with van der Waals surface area (Å²) in [6.07, 6.45) is 5.60. The van der Waals surface area contributed by atoms with Crippen molar-refractivity contribution in [3.8, 4) is 0 Å². The van der Waals surface area contributed by atoms with Crippen molar-refractivity contribution in [3.63, 3.8) is 0 Å². The van der Waals surface area contributed by atoms with Gasteiger partial charge in [0, 0.05) is 52.0 Å². The molecule has 0 saturated carbocycles. The van der Waals surface area contributed by atoms with Crippen LogP contribution in [0.25, 0.3) is 0 Å². The Bertz CT molecular complexity index is 343. The Labute approximate surface area is 135 Å². The van der Waals surface area contributed by atoms with Crippen LogP contribution in [-0.4, -0.2) is 67.8 Å². The molecule has 0 spiro atoms. The highest BCUT2D eigenvalue weighted by molar-refractivity contribution is 5.75. The summed E-state index contributed by atoms with van der Waals surface area (Å²) in [5.74, 6) is 0.629. The van der Waals surface area contributed by atoms with Gasteiger partial charge in [0.05, 0.1) is 0 Å². The molecule has 2 amide bonds. The molecule has 2 fully saturated rings. The summed E-state index contributed by atoms with van der Waals surface area (Å²) >= 11 is 0. The predicted molar refractivity (Wildman–Crippen MR) is 89.1 cm³/mol. The number of nitrogens with one attached hydrogen (secondary N) is 1. The number of nitrogens with zero attached hydrogens (tertiary/aromatic N) is 2. The van der Waals surface area contributed by atoms with Crippen LogP contribution in [0.4, 0.5) is 4.79 Å². The van der Waals surface area contributed by atoms with E-state index >= 15 is 0 Å². The molecule has 0 aliphatic carbocycles. The van der Waals surface area contributed by atoms with Gasteiger partial charge < -0.3 is 19.9 Å². The van der Waals surface area contributed by atoms with Crippen molar-refractivity contribution in [3.05, 3.63) is 0 Å². The normalized spacial score (nSPS) is 27.9. The van der Waals surface area contributed by atoms with E-state index in [1.165, 1.54) is 6.42 Å². The van der Waals surface area contributed by atoms with E-state index in [0.717, 1.165) is 58.5 Å². The van der Waals surface area contributed by atoms with E-state index in [2.05, 4.69) is 24.1 Å². The highest BCUT2D eigenvalue weighted by atomic mass is 16.5. The van der Waals surface area contributed by atoms with Crippen molar-refractivity contribution in [2.75, 3.05) is 39.9 Å². The Kier molecular flexibility index (Phi) is 6.96. The topological polar surface area (TPSA) is 44.8 Å².